The topological polar surface area (TPSA) is 94.2 Å². The van der Waals surface area contributed by atoms with Gasteiger partial charge >= 0.3 is 12.0 Å². The maximum Gasteiger partial charge on any atom is 0.326 e. The van der Waals surface area contributed by atoms with Gasteiger partial charge in [-0.1, -0.05) is 36.4 Å². The number of benzene rings is 1. The van der Waals surface area contributed by atoms with Crippen LogP contribution in [0.1, 0.15) is 5.56 Å². The van der Waals surface area contributed by atoms with Crippen LogP contribution >= 0.6 is 11.6 Å². The number of aromatic nitrogens is 1. The lowest BCUT2D eigenvalue weighted by atomic mass is 10.1. The number of aliphatic carboxylic acids is 1. The van der Waals surface area contributed by atoms with E-state index in [2.05, 4.69) is 22.2 Å². The van der Waals surface area contributed by atoms with Crippen molar-refractivity contribution in [3.63, 3.8) is 0 Å². The highest BCUT2D eigenvalue weighted by Gasteiger charge is 2.21. The van der Waals surface area contributed by atoms with E-state index in [1.165, 1.54) is 0 Å². The summed E-state index contributed by atoms with van der Waals surface area (Å²) in [6, 6.07) is 5.93. The summed E-state index contributed by atoms with van der Waals surface area (Å²) < 4.78 is 0. The van der Waals surface area contributed by atoms with E-state index in [-0.39, 0.29) is 18.0 Å². The number of rotatable bonds is 6. The van der Waals surface area contributed by atoms with E-state index in [0.29, 0.717) is 0 Å². The largest absolute Gasteiger partial charge is 0.480 e. The minimum absolute atomic E-state index is 0.0762. The van der Waals surface area contributed by atoms with Gasteiger partial charge in [0.2, 0.25) is 0 Å². The van der Waals surface area contributed by atoms with E-state index in [1.54, 1.807) is 6.20 Å². The van der Waals surface area contributed by atoms with E-state index in [9.17, 15) is 14.7 Å². The Morgan fingerprint density at radius 3 is 2.77 bits per heavy atom. The van der Waals surface area contributed by atoms with E-state index >= 15 is 0 Å². The van der Waals surface area contributed by atoms with Crippen molar-refractivity contribution in [3.8, 4) is 0 Å². The van der Waals surface area contributed by atoms with E-state index in [4.69, 9.17) is 11.6 Å². The molecule has 116 valence electrons. The molecule has 2 amide bonds. The van der Waals surface area contributed by atoms with Crippen molar-refractivity contribution in [1.29, 1.82) is 0 Å². The number of carbonyl (C=O) groups is 2. The molecule has 1 unspecified atom stereocenters. The average Bonchev–Trinajstić information content (AvgIpc) is 2.87. The molecule has 1 aromatic heterocycles. The summed E-state index contributed by atoms with van der Waals surface area (Å²) in [6.45, 7) is 3.51. The molecule has 1 aromatic carbocycles. The van der Waals surface area contributed by atoms with Crippen LogP contribution in [-0.4, -0.2) is 34.7 Å². The fourth-order valence-electron chi connectivity index (χ4n) is 2.11. The van der Waals surface area contributed by atoms with Crippen LogP contribution in [0.25, 0.3) is 10.9 Å². The van der Waals surface area contributed by atoms with Crippen molar-refractivity contribution >= 4 is 34.5 Å². The number of urea groups is 1. The first-order valence-corrected chi connectivity index (χ1v) is 7.00. The number of H-pyrrole nitrogens is 1. The maximum atomic E-state index is 11.7. The molecule has 0 saturated carbocycles. The number of amides is 2. The molecule has 1 atom stereocenters. The van der Waals surface area contributed by atoms with Gasteiger partial charge in [0.1, 0.15) is 6.04 Å². The predicted molar refractivity (Wildman–Crippen MR) is 85.0 cm³/mol. The molecular weight excluding hydrogens is 306 g/mol. The Bertz CT molecular complexity index is 711. The zero-order valence-electron chi connectivity index (χ0n) is 11.7. The van der Waals surface area contributed by atoms with Crippen molar-refractivity contribution in [3.05, 3.63) is 47.6 Å². The van der Waals surface area contributed by atoms with Crippen LogP contribution in [0.5, 0.6) is 0 Å². The Morgan fingerprint density at radius 2 is 2.09 bits per heavy atom. The fourth-order valence-corrected chi connectivity index (χ4v) is 2.17. The Hall–Kier alpha value is -2.47. The maximum absolute atomic E-state index is 11.7. The molecule has 22 heavy (non-hydrogen) atoms. The zero-order chi connectivity index (χ0) is 16.1. The second-order valence-corrected chi connectivity index (χ2v) is 5.33. The molecule has 0 saturated heterocycles. The van der Waals surface area contributed by atoms with Crippen LogP contribution < -0.4 is 10.6 Å². The third-order valence-electron chi connectivity index (χ3n) is 3.14. The molecule has 0 aliphatic heterocycles. The molecule has 2 aromatic rings. The summed E-state index contributed by atoms with van der Waals surface area (Å²) in [7, 11) is 0. The molecule has 0 radical (unpaired) electrons. The first kappa shape index (κ1) is 15.9. The third-order valence-corrected chi connectivity index (χ3v) is 3.28. The van der Waals surface area contributed by atoms with Gasteiger partial charge in [-0.05, 0) is 11.6 Å². The molecule has 7 heteroatoms. The molecule has 1 heterocycles. The first-order valence-electron chi connectivity index (χ1n) is 6.63. The van der Waals surface area contributed by atoms with Crippen LogP contribution in [0.4, 0.5) is 4.79 Å². The van der Waals surface area contributed by atoms with Gasteiger partial charge in [-0.3, -0.25) is 0 Å². The lowest BCUT2D eigenvalue weighted by Gasteiger charge is -2.14. The number of carbonyl (C=O) groups excluding carboxylic acids is 1. The van der Waals surface area contributed by atoms with Gasteiger partial charge in [0.15, 0.2) is 0 Å². The smallest absolute Gasteiger partial charge is 0.326 e. The second kappa shape index (κ2) is 7.00. The predicted octanol–water partition coefficient (Wildman–Crippen LogP) is 2.22. The number of para-hydroxylation sites is 1. The Labute approximate surface area is 132 Å². The van der Waals surface area contributed by atoms with Gasteiger partial charge in [0.25, 0.3) is 0 Å². The van der Waals surface area contributed by atoms with Crippen molar-refractivity contribution in [2.75, 3.05) is 6.54 Å². The number of hydrogen-bond acceptors (Lipinski definition) is 2. The Kier molecular flexibility index (Phi) is 5.06. The lowest BCUT2D eigenvalue weighted by Crippen LogP contribution is -2.47. The molecule has 2 rings (SSSR count). The molecule has 0 fully saturated rings. The summed E-state index contributed by atoms with van der Waals surface area (Å²) in [5.41, 5.74) is 1.74. The SMILES string of the molecule is C=C(Cl)CNC(=O)NC(Cc1c[nH]c2ccccc12)C(=O)O. The summed E-state index contributed by atoms with van der Waals surface area (Å²) in [5, 5.41) is 15.3. The van der Waals surface area contributed by atoms with E-state index < -0.39 is 18.0 Å². The molecule has 6 nitrogen and oxygen atoms in total. The Morgan fingerprint density at radius 1 is 1.36 bits per heavy atom. The number of carboxylic acids is 1. The first-order chi connectivity index (χ1) is 10.5. The standard InChI is InChI=1S/C15H16ClN3O3/c1-9(16)7-18-15(22)19-13(14(20)21)6-10-8-17-12-5-3-2-4-11(10)12/h2-5,8,13,17H,1,6-7H2,(H,20,21)(H2,18,19,22). The highest BCUT2D eigenvalue weighted by molar-refractivity contribution is 6.29. The van der Waals surface area contributed by atoms with Gasteiger partial charge in [-0.25, -0.2) is 9.59 Å². The summed E-state index contributed by atoms with van der Waals surface area (Å²) in [4.78, 5) is 26.1. The highest BCUT2D eigenvalue weighted by atomic mass is 35.5. The minimum atomic E-state index is -1.11. The molecule has 0 bridgehead atoms. The van der Waals surface area contributed by atoms with Crippen LogP contribution in [0.3, 0.4) is 0 Å². The monoisotopic (exact) mass is 321 g/mol. The summed E-state index contributed by atoms with van der Waals surface area (Å²) in [6.07, 6.45) is 1.93. The molecule has 0 spiro atoms. The van der Waals surface area contributed by atoms with Gasteiger partial charge in [0.05, 0.1) is 6.54 Å². The van der Waals surface area contributed by atoms with Crippen LogP contribution in [-0.2, 0) is 11.2 Å². The average molecular weight is 322 g/mol. The zero-order valence-corrected chi connectivity index (χ0v) is 12.5. The van der Waals surface area contributed by atoms with Crippen molar-refractivity contribution < 1.29 is 14.7 Å². The number of hydrogen-bond donors (Lipinski definition) is 4. The fraction of sp³-hybridized carbons (Fsp3) is 0.200. The quantitative estimate of drug-likeness (QED) is 0.657. The van der Waals surface area contributed by atoms with Gasteiger partial charge in [-0.15, -0.1) is 0 Å². The second-order valence-electron chi connectivity index (χ2n) is 4.80. The van der Waals surface area contributed by atoms with Gasteiger partial charge in [0, 0.05) is 28.6 Å². The number of nitrogens with one attached hydrogen (secondary N) is 3. The van der Waals surface area contributed by atoms with Crippen LogP contribution in [0.15, 0.2) is 42.1 Å². The number of aromatic amines is 1. The minimum Gasteiger partial charge on any atom is -0.480 e. The Balaban J connectivity index is 2.07. The third kappa shape index (κ3) is 4.02. The van der Waals surface area contributed by atoms with E-state index in [0.717, 1.165) is 16.5 Å². The number of carboxylic acid groups (broad SMARTS) is 1. The normalized spacial score (nSPS) is 11.9. The molecule has 4 N–H and O–H groups in total. The van der Waals surface area contributed by atoms with Crippen molar-refractivity contribution in [2.45, 2.75) is 12.5 Å². The number of halogens is 1. The molecular formula is C15H16ClN3O3. The van der Waals surface area contributed by atoms with Gasteiger partial charge in [-0.2, -0.15) is 0 Å². The summed E-state index contributed by atoms with van der Waals surface area (Å²) >= 11 is 5.54. The van der Waals surface area contributed by atoms with Crippen LogP contribution in [0.2, 0.25) is 0 Å². The van der Waals surface area contributed by atoms with Crippen molar-refractivity contribution in [1.82, 2.24) is 15.6 Å². The molecule has 0 aliphatic rings. The number of fused-ring (bicyclic) bond motifs is 1. The van der Waals surface area contributed by atoms with Crippen molar-refractivity contribution in [2.24, 2.45) is 0 Å². The highest BCUT2D eigenvalue weighted by Crippen LogP contribution is 2.19. The van der Waals surface area contributed by atoms with Gasteiger partial charge < -0.3 is 20.7 Å². The lowest BCUT2D eigenvalue weighted by molar-refractivity contribution is -0.139. The summed E-state index contributed by atoms with van der Waals surface area (Å²) in [5.74, 6) is -1.11. The molecule has 0 aliphatic carbocycles. The van der Waals surface area contributed by atoms with Crippen LogP contribution in [0, 0.1) is 0 Å². The van der Waals surface area contributed by atoms with E-state index in [1.807, 2.05) is 24.3 Å².